The van der Waals surface area contributed by atoms with Crippen molar-refractivity contribution < 1.29 is 4.79 Å². The lowest BCUT2D eigenvalue weighted by atomic mass is 10.1. The fraction of sp³-hybridized carbons (Fsp3) is 0.0625. The zero-order valence-corrected chi connectivity index (χ0v) is 12.4. The van der Waals surface area contributed by atoms with Gasteiger partial charge in [0, 0.05) is 22.8 Å². The lowest BCUT2D eigenvalue weighted by Gasteiger charge is -1.96. The van der Waals surface area contributed by atoms with Crippen molar-refractivity contribution in [1.29, 1.82) is 0 Å². The number of halogens is 1. The third kappa shape index (κ3) is 2.19. The van der Waals surface area contributed by atoms with Crippen molar-refractivity contribution >= 4 is 45.7 Å². The molecule has 0 fully saturated rings. The van der Waals surface area contributed by atoms with E-state index in [2.05, 4.69) is 0 Å². The van der Waals surface area contributed by atoms with E-state index in [1.165, 1.54) is 0 Å². The van der Waals surface area contributed by atoms with Crippen LogP contribution < -0.4 is 0 Å². The second kappa shape index (κ2) is 5.27. The van der Waals surface area contributed by atoms with Crippen LogP contribution in [0.1, 0.15) is 15.2 Å². The molecule has 0 amide bonds. The van der Waals surface area contributed by atoms with Crippen LogP contribution in [-0.4, -0.2) is 10.4 Å². The number of nitrogens with zero attached hydrogens (tertiary/aromatic N) is 1. The van der Waals surface area contributed by atoms with E-state index in [1.807, 2.05) is 59.5 Å². The van der Waals surface area contributed by atoms with Gasteiger partial charge in [0.15, 0.2) is 5.78 Å². The number of rotatable bonds is 3. The molecule has 20 heavy (non-hydrogen) atoms. The Balaban J connectivity index is 2.06. The highest BCUT2D eigenvalue weighted by Crippen LogP contribution is 2.29. The van der Waals surface area contributed by atoms with Crippen LogP contribution in [0.5, 0.6) is 0 Å². The number of aromatic nitrogens is 1. The van der Waals surface area contributed by atoms with Gasteiger partial charge in [-0.2, -0.15) is 0 Å². The van der Waals surface area contributed by atoms with E-state index in [0.29, 0.717) is 10.7 Å². The summed E-state index contributed by atoms with van der Waals surface area (Å²) in [4.78, 5) is 13.5. The van der Waals surface area contributed by atoms with Crippen molar-refractivity contribution in [3.05, 3.63) is 63.4 Å². The van der Waals surface area contributed by atoms with Gasteiger partial charge in [0.05, 0.1) is 5.56 Å². The Morgan fingerprint density at radius 3 is 2.80 bits per heavy atom. The minimum Gasteiger partial charge on any atom is -0.334 e. The van der Waals surface area contributed by atoms with Crippen molar-refractivity contribution in [2.24, 2.45) is 7.05 Å². The molecule has 100 valence electrons. The number of carbonyl (C=O) groups is 1. The third-order valence-corrected chi connectivity index (χ3v) is 4.50. The molecular formula is C16H12ClNOS. The van der Waals surface area contributed by atoms with E-state index >= 15 is 0 Å². The average molecular weight is 302 g/mol. The summed E-state index contributed by atoms with van der Waals surface area (Å²) in [5, 5.41) is 3.35. The molecular weight excluding hydrogens is 290 g/mol. The fourth-order valence-corrected chi connectivity index (χ4v) is 3.13. The number of allylic oxidation sites excluding steroid dienone is 1. The first-order valence-electron chi connectivity index (χ1n) is 6.17. The lowest BCUT2D eigenvalue weighted by Crippen LogP contribution is -1.95. The fourth-order valence-electron chi connectivity index (χ4n) is 2.22. The number of para-hydroxylation sites is 1. The number of benzene rings is 1. The first kappa shape index (κ1) is 13.2. The molecule has 2 aromatic heterocycles. The summed E-state index contributed by atoms with van der Waals surface area (Å²) >= 11 is 7.90. The Bertz CT molecular complexity index is 799. The summed E-state index contributed by atoms with van der Waals surface area (Å²) in [5.41, 5.74) is 1.53. The Kier molecular flexibility index (Phi) is 3.47. The number of ketones is 1. The molecule has 0 radical (unpaired) electrons. The zero-order chi connectivity index (χ0) is 14.1. The summed E-state index contributed by atoms with van der Waals surface area (Å²) in [7, 11) is 1.87. The second-order valence-electron chi connectivity index (χ2n) is 4.45. The second-order valence-corrected chi connectivity index (χ2v) is 5.79. The number of carbonyl (C=O) groups excluding carboxylic acids is 1. The Morgan fingerprint density at radius 2 is 2.05 bits per heavy atom. The van der Waals surface area contributed by atoms with Gasteiger partial charge in [0.25, 0.3) is 0 Å². The molecule has 0 atom stereocenters. The minimum absolute atomic E-state index is 0.0693. The van der Waals surface area contributed by atoms with Gasteiger partial charge >= 0.3 is 0 Å². The molecule has 0 spiro atoms. The van der Waals surface area contributed by atoms with Crippen LogP contribution in [0, 0.1) is 0 Å². The van der Waals surface area contributed by atoms with E-state index in [4.69, 9.17) is 11.6 Å². The topological polar surface area (TPSA) is 22.0 Å². The molecule has 0 saturated carbocycles. The standard InChI is InChI=1S/C16H12ClNOS/c1-18-13-7-3-2-6-12(13)15(16(18)17)14(19)9-8-11-5-4-10-20-11/h2-10H,1H3/b9-8+. The molecule has 0 aliphatic carbocycles. The minimum atomic E-state index is -0.0693. The Labute approximate surface area is 125 Å². The van der Waals surface area contributed by atoms with E-state index in [0.717, 1.165) is 15.8 Å². The Morgan fingerprint density at radius 1 is 1.25 bits per heavy atom. The highest BCUT2D eigenvalue weighted by molar-refractivity contribution is 7.10. The van der Waals surface area contributed by atoms with E-state index in [-0.39, 0.29) is 5.78 Å². The summed E-state index contributed by atoms with van der Waals surface area (Å²) in [5.74, 6) is -0.0693. The van der Waals surface area contributed by atoms with Crippen LogP contribution >= 0.6 is 22.9 Å². The maximum atomic E-state index is 12.4. The van der Waals surface area contributed by atoms with Gasteiger partial charge in [-0.05, 0) is 29.7 Å². The SMILES string of the molecule is Cn1c(Cl)c(C(=O)/C=C/c2cccs2)c2ccccc21. The van der Waals surface area contributed by atoms with Crippen LogP contribution in [0.3, 0.4) is 0 Å². The van der Waals surface area contributed by atoms with Crippen molar-refractivity contribution in [2.75, 3.05) is 0 Å². The van der Waals surface area contributed by atoms with Gasteiger partial charge in [-0.15, -0.1) is 11.3 Å². The monoisotopic (exact) mass is 301 g/mol. The molecule has 3 rings (SSSR count). The quantitative estimate of drug-likeness (QED) is 0.503. The van der Waals surface area contributed by atoms with Crippen LogP contribution in [0.2, 0.25) is 5.15 Å². The first-order chi connectivity index (χ1) is 9.68. The van der Waals surface area contributed by atoms with Crippen LogP contribution in [0.15, 0.2) is 47.9 Å². The molecule has 2 nitrogen and oxygen atoms in total. The third-order valence-electron chi connectivity index (χ3n) is 3.22. The predicted molar refractivity (Wildman–Crippen MR) is 85.6 cm³/mol. The van der Waals surface area contributed by atoms with Crippen molar-refractivity contribution in [1.82, 2.24) is 4.57 Å². The normalized spacial score (nSPS) is 11.5. The number of fused-ring (bicyclic) bond motifs is 1. The van der Waals surface area contributed by atoms with Gasteiger partial charge in [-0.3, -0.25) is 4.79 Å². The Hall–Kier alpha value is -1.84. The van der Waals surface area contributed by atoms with Gasteiger partial charge in [0.2, 0.25) is 0 Å². The molecule has 0 bridgehead atoms. The highest BCUT2D eigenvalue weighted by atomic mass is 35.5. The zero-order valence-electron chi connectivity index (χ0n) is 10.8. The smallest absolute Gasteiger partial charge is 0.189 e. The van der Waals surface area contributed by atoms with E-state index in [1.54, 1.807) is 17.4 Å². The van der Waals surface area contributed by atoms with Crippen molar-refractivity contribution in [2.45, 2.75) is 0 Å². The van der Waals surface area contributed by atoms with Crippen LogP contribution in [0.25, 0.3) is 17.0 Å². The number of hydrogen-bond acceptors (Lipinski definition) is 2. The van der Waals surface area contributed by atoms with Gasteiger partial charge < -0.3 is 4.57 Å². The molecule has 0 saturated heterocycles. The number of hydrogen-bond donors (Lipinski definition) is 0. The molecule has 0 unspecified atom stereocenters. The molecule has 4 heteroatoms. The largest absolute Gasteiger partial charge is 0.334 e. The maximum absolute atomic E-state index is 12.4. The predicted octanol–water partition coefficient (Wildman–Crippen LogP) is 4.79. The summed E-state index contributed by atoms with van der Waals surface area (Å²) in [6.07, 6.45) is 3.41. The van der Waals surface area contributed by atoms with Gasteiger partial charge in [-0.1, -0.05) is 35.9 Å². The first-order valence-corrected chi connectivity index (χ1v) is 7.43. The summed E-state index contributed by atoms with van der Waals surface area (Å²) < 4.78 is 1.84. The molecule has 1 aromatic carbocycles. The lowest BCUT2D eigenvalue weighted by molar-refractivity contribution is 0.104. The molecule has 3 aromatic rings. The summed E-state index contributed by atoms with van der Waals surface area (Å²) in [6.45, 7) is 0. The van der Waals surface area contributed by atoms with E-state index < -0.39 is 0 Å². The van der Waals surface area contributed by atoms with Crippen LogP contribution in [-0.2, 0) is 7.05 Å². The molecule has 0 aliphatic rings. The molecule has 0 N–H and O–H groups in total. The number of thiophene rings is 1. The maximum Gasteiger partial charge on any atom is 0.189 e. The van der Waals surface area contributed by atoms with Crippen LogP contribution in [0.4, 0.5) is 0 Å². The van der Waals surface area contributed by atoms with Gasteiger partial charge in [0.1, 0.15) is 5.15 Å². The highest BCUT2D eigenvalue weighted by Gasteiger charge is 2.17. The van der Waals surface area contributed by atoms with Gasteiger partial charge in [-0.25, -0.2) is 0 Å². The van der Waals surface area contributed by atoms with Crippen molar-refractivity contribution in [3.8, 4) is 0 Å². The van der Waals surface area contributed by atoms with Crippen molar-refractivity contribution in [3.63, 3.8) is 0 Å². The molecule has 2 heterocycles. The summed E-state index contributed by atoms with van der Waals surface area (Å²) in [6, 6.07) is 11.7. The average Bonchev–Trinajstić information content (AvgIpc) is 3.05. The molecule has 0 aliphatic heterocycles. The van der Waals surface area contributed by atoms with E-state index in [9.17, 15) is 4.79 Å². The number of aryl methyl sites for hydroxylation is 1.